The van der Waals surface area contributed by atoms with Crippen LogP contribution in [0.15, 0.2) is 52.6 Å². The van der Waals surface area contributed by atoms with E-state index in [4.69, 9.17) is 4.98 Å². The minimum Gasteiger partial charge on any atom is -0.364 e. The van der Waals surface area contributed by atoms with Crippen LogP contribution in [0, 0.1) is 17.1 Å². The van der Waals surface area contributed by atoms with E-state index >= 15 is 0 Å². The van der Waals surface area contributed by atoms with Crippen LogP contribution in [0.2, 0.25) is 0 Å². The Bertz CT molecular complexity index is 1570. The molecule has 1 aliphatic carbocycles. The highest BCUT2D eigenvalue weighted by molar-refractivity contribution is 7.09. The molecule has 0 amide bonds. The molecule has 0 bridgehead atoms. The third-order valence-corrected chi connectivity index (χ3v) is 8.47. The van der Waals surface area contributed by atoms with Gasteiger partial charge in [-0.1, -0.05) is 12.1 Å². The Morgan fingerprint density at radius 1 is 1.14 bits per heavy atom. The standard InChI is InChI=1S/C28H27FN6OS/c1-17-15-34(27(18-5-7-20(29)8-6-18)22-16-37-28(32-22)19-3-4-19)11-12-35(17)24-13-25(36)33(2)23-10-9-21(14-30)31-26(23)24/h5-10,13,16-17,19,27H,3-4,11-12,15H2,1-2H3/t17-,27?/m0/s1. The fraction of sp³-hybridized carbons (Fsp3) is 0.357. The van der Waals surface area contributed by atoms with E-state index in [0.29, 0.717) is 29.2 Å². The number of thiazole rings is 1. The van der Waals surface area contributed by atoms with Crippen LogP contribution < -0.4 is 10.5 Å². The number of fused-ring (bicyclic) bond motifs is 1. The molecule has 4 aromatic rings. The van der Waals surface area contributed by atoms with E-state index in [1.807, 2.05) is 12.1 Å². The second-order valence-electron chi connectivity index (χ2n) is 9.98. The summed E-state index contributed by atoms with van der Waals surface area (Å²) in [6.45, 7) is 4.28. The molecule has 37 heavy (non-hydrogen) atoms. The second kappa shape index (κ2) is 9.36. The number of nitriles is 1. The van der Waals surface area contributed by atoms with Gasteiger partial charge in [0.2, 0.25) is 0 Å². The fourth-order valence-corrected chi connectivity index (χ4v) is 6.34. The maximum Gasteiger partial charge on any atom is 0.252 e. The van der Waals surface area contributed by atoms with Crippen LogP contribution in [-0.2, 0) is 7.05 Å². The van der Waals surface area contributed by atoms with Crippen LogP contribution in [0.1, 0.15) is 53.7 Å². The molecule has 6 rings (SSSR count). The molecular formula is C28H27FN6OS. The van der Waals surface area contributed by atoms with Gasteiger partial charge in [0.15, 0.2) is 0 Å². The van der Waals surface area contributed by atoms with Gasteiger partial charge in [0, 0.05) is 50.1 Å². The Balaban J connectivity index is 1.34. The first-order chi connectivity index (χ1) is 17.9. The minimum atomic E-state index is -0.251. The molecule has 2 aliphatic rings. The third kappa shape index (κ3) is 4.41. The van der Waals surface area contributed by atoms with Crippen molar-refractivity contribution in [2.24, 2.45) is 7.05 Å². The first-order valence-corrected chi connectivity index (χ1v) is 13.4. The summed E-state index contributed by atoms with van der Waals surface area (Å²) in [4.78, 5) is 27.0. The van der Waals surface area contributed by atoms with Gasteiger partial charge in [-0.15, -0.1) is 11.3 Å². The summed E-state index contributed by atoms with van der Waals surface area (Å²) in [7, 11) is 1.72. The van der Waals surface area contributed by atoms with E-state index < -0.39 is 0 Å². The normalized spacial score (nSPS) is 19.2. The molecule has 0 N–H and O–H groups in total. The summed E-state index contributed by atoms with van der Waals surface area (Å²) in [5, 5.41) is 12.8. The van der Waals surface area contributed by atoms with Gasteiger partial charge < -0.3 is 9.47 Å². The Kier molecular flexibility index (Phi) is 6.01. The molecule has 2 atom stereocenters. The van der Waals surface area contributed by atoms with Gasteiger partial charge in [-0.2, -0.15) is 5.26 Å². The van der Waals surface area contributed by atoms with Gasteiger partial charge in [-0.25, -0.2) is 14.4 Å². The predicted molar refractivity (Wildman–Crippen MR) is 142 cm³/mol. The zero-order valence-electron chi connectivity index (χ0n) is 20.8. The van der Waals surface area contributed by atoms with Crippen molar-refractivity contribution >= 4 is 28.1 Å². The molecule has 1 aromatic carbocycles. The van der Waals surface area contributed by atoms with E-state index in [0.717, 1.165) is 30.0 Å². The fourth-order valence-electron chi connectivity index (χ4n) is 5.33. The zero-order chi connectivity index (χ0) is 25.7. The van der Waals surface area contributed by atoms with Gasteiger partial charge in [0.05, 0.1) is 27.9 Å². The second-order valence-corrected chi connectivity index (χ2v) is 10.9. The van der Waals surface area contributed by atoms with Crippen molar-refractivity contribution in [3.05, 3.63) is 86.0 Å². The number of benzene rings is 1. The number of halogens is 1. The number of anilines is 1. The number of hydrogen-bond donors (Lipinski definition) is 0. The summed E-state index contributed by atoms with van der Waals surface area (Å²) < 4.78 is 15.3. The number of piperazine rings is 1. The van der Waals surface area contributed by atoms with E-state index in [1.54, 1.807) is 41.2 Å². The van der Waals surface area contributed by atoms with Gasteiger partial charge in [-0.3, -0.25) is 9.69 Å². The molecule has 0 spiro atoms. The van der Waals surface area contributed by atoms with E-state index in [-0.39, 0.29) is 23.5 Å². The van der Waals surface area contributed by atoms with E-state index in [9.17, 15) is 14.4 Å². The summed E-state index contributed by atoms with van der Waals surface area (Å²) in [6.07, 6.45) is 2.41. The molecule has 0 radical (unpaired) electrons. The molecule has 1 unspecified atom stereocenters. The topological polar surface area (TPSA) is 78.0 Å². The Morgan fingerprint density at radius 2 is 1.92 bits per heavy atom. The predicted octanol–water partition coefficient (Wildman–Crippen LogP) is 4.58. The Morgan fingerprint density at radius 3 is 2.62 bits per heavy atom. The number of rotatable bonds is 5. The molecule has 4 heterocycles. The minimum absolute atomic E-state index is 0.0704. The Hall–Kier alpha value is -3.61. The van der Waals surface area contributed by atoms with Gasteiger partial charge in [0.1, 0.15) is 23.1 Å². The lowest BCUT2D eigenvalue weighted by Crippen LogP contribution is -2.53. The van der Waals surface area contributed by atoms with Crippen LogP contribution in [-0.4, -0.2) is 45.1 Å². The van der Waals surface area contributed by atoms with Crippen molar-refractivity contribution in [3.63, 3.8) is 0 Å². The van der Waals surface area contributed by atoms with E-state index in [1.165, 1.54) is 30.0 Å². The van der Waals surface area contributed by atoms with Crippen molar-refractivity contribution in [2.75, 3.05) is 24.5 Å². The molecule has 9 heteroatoms. The van der Waals surface area contributed by atoms with Crippen LogP contribution >= 0.6 is 11.3 Å². The van der Waals surface area contributed by atoms with Crippen molar-refractivity contribution in [1.82, 2.24) is 19.4 Å². The van der Waals surface area contributed by atoms with Crippen molar-refractivity contribution in [3.8, 4) is 6.07 Å². The Labute approximate surface area is 218 Å². The molecule has 7 nitrogen and oxygen atoms in total. The molecular weight excluding hydrogens is 487 g/mol. The quantitative estimate of drug-likeness (QED) is 0.388. The third-order valence-electron chi connectivity index (χ3n) is 7.45. The molecule has 1 saturated carbocycles. The van der Waals surface area contributed by atoms with Crippen LogP contribution in [0.3, 0.4) is 0 Å². The highest BCUT2D eigenvalue weighted by atomic mass is 32.1. The van der Waals surface area contributed by atoms with E-state index in [2.05, 4.69) is 33.2 Å². The average Bonchev–Trinajstić information content (AvgIpc) is 3.65. The summed E-state index contributed by atoms with van der Waals surface area (Å²) in [5.74, 6) is 0.336. The number of nitrogens with zero attached hydrogens (tertiary/aromatic N) is 6. The summed E-state index contributed by atoms with van der Waals surface area (Å²) >= 11 is 1.72. The monoisotopic (exact) mass is 514 g/mol. The SMILES string of the molecule is C[C@H]1CN(C(c2ccc(F)cc2)c2csc(C3CC3)n2)CCN1c1cc(=O)n(C)c2ccc(C#N)nc12. The first kappa shape index (κ1) is 23.8. The maximum absolute atomic E-state index is 13.8. The smallest absolute Gasteiger partial charge is 0.252 e. The summed E-state index contributed by atoms with van der Waals surface area (Å²) in [6, 6.07) is 13.9. The lowest BCUT2D eigenvalue weighted by Gasteiger charge is -2.44. The van der Waals surface area contributed by atoms with Gasteiger partial charge in [-0.05, 0) is 49.6 Å². The zero-order valence-corrected chi connectivity index (χ0v) is 21.6. The van der Waals surface area contributed by atoms with Crippen molar-refractivity contribution in [2.45, 2.75) is 37.8 Å². The average molecular weight is 515 g/mol. The maximum atomic E-state index is 13.8. The van der Waals surface area contributed by atoms with Crippen molar-refractivity contribution < 1.29 is 4.39 Å². The molecule has 188 valence electrons. The molecule has 2 fully saturated rings. The number of aryl methyl sites for hydroxylation is 1. The molecule has 3 aromatic heterocycles. The number of hydrogen-bond acceptors (Lipinski definition) is 7. The largest absolute Gasteiger partial charge is 0.364 e. The van der Waals surface area contributed by atoms with Gasteiger partial charge in [0.25, 0.3) is 5.56 Å². The van der Waals surface area contributed by atoms with Crippen LogP contribution in [0.5, 0.6) is 0 Å². The molecule has 1 saturated heterocycles. The van der Waals surface area contributed by atoms with Crippen LogP contribution in [0.25, 0.3) is 11.0 Å². The van der Waals surface area contributed by atoms with Gasteiger partial charge >= 0.3 is 0 Å². The lowest BCUT2D eigenvalue weighted by atomic mass is 10.00. The summed E-state index contributed by atoms with van der Waals surface area (Å²) in [5.41, 5.74) is 4.37. The highest BCUT2D eigenvalue weighted by Crippen LogP contribution is 2.43. The molecule has 1 aliphatic heterocycles. The number of pyridine rings is 2. The van der Waals surface area contributed by atoms with Crippen molar-refractivity contribution in [1.29, 1.82) is 5.26 Å². The van der Waals surface area contributed by atoms with Crippen LogP contribution in [0.4, 0.5) is 10.1 Å². The highest BCUT2D eigenvalue weighted by Gasteiger charge is 2.34. The lowest BCUT2D eigenvalue weighted by molar-refractivity contribution is 0.185. The first-order valence-electron chi connectivity index (χ1n) is 12.6. The number of aromatic nitrogens is 3.